The number of anilines is 1. The lowest BCUT2D eigenvalue weighted by molar-refractivity contribution is -0.115. The molecule has 24 heavy (non-hydrogen) atoms. The van der Waals surface area contributed by atoms with Crippen molar-refractivity contribution in [3.05, 3.63) is 59.2 Å². The van der Waals surface area contributed by atoms with Crippen LogP contribution in [0.1, 0.15) is 21.5 Å². The summed E-state index contributed by atoms with van der Waals surface area (Å²) in [6.45, 7) is 0. The number of nitrogens with one attached hydrogen (secondary N) is 1. The van der Waals surface area contributed by atoms with Gasteiger partial charge in [-0.3, -0.25) is 4.79 Å². The fourth-order valence-electron chi connectivity index (χ4n) is 2.69. The first-order valence-electron chi connectivity index (χ1n) is 7.33. The molecule has 2 aromatic carbocycles. The highest BCUT2D eigenvalue weighted by Gasteiger charge is 2.26. The third-order valence-electron chi connectivity index (χ3n) is 3.86. The van der Waals surface area contributed by atoms with E-state index in [9.17, 15) is 18.0 Å². The Morgan fingerprint density at radius 1 is 1.12 bits per heavy atom. The van der Waals surface area contributed by atoms with Crippen molar-refractivity contribution in [3.8, 4) is 0 Å². The number of fused-ring (bicyclic) bond motifs is 1. The number of hydrogen-bond donors (Lipinski definition) is 2. The summed E-state index contributed by atoms with van der Waals surface area (Å²) >= 11 is 0. The monoisotopic (exact) mass is 345 g/mol. The van der Waals surface area contributed by atoms with Crippen LogP contribution in [0.3, 0.4) is 0 Å². The molecule has 0 atom stereocenters. The second-order valence-electron chi connectivity index (χ2n) is 5.62. The number of aromatic carboxylic acids is 1. The van der Waals surface area contributed by atoms with Crippen LogP contribution >= 0.6 is 0 Å². The average Bonchev–Trinajstić information content (AvgIpc) is 2.83. The van der Waals surface area contributed by atoms with Gasteiger partial charge in [-0.15, -0.1) is 0 Å². The highest BCUT2D eigenvalue weighted by atomic mass is 32.2. The number of carbonyl (C=O) groups excluding carboxylic acids is 1. The zero-order chi connectivity index (χ0) is 17.3. The normalized spacial score (nSPS) is 14.8. The molecular weight excluding hydrogens is 330 g/mol. The van der Waals surface area contributed by atoms with Crippen molar-refractivity contribution >= 4 is 27.4 Å². The van der Waals surface area contributed by atoms with Crippen LogP contribution in [0.4, 0.5) is 5.69 Å². The van der Waals surface area contributed by atoms with Gasteiger partial charge in [0.15, 0.2) is 9.84 Å². The molecule has 124 valence electrons. The second-order valence-corrected chi connectivity index (χ2v) is 7.70. The second kappa shape index (κ2) is 6.09. The Morgan fingerprint density at radius 2 is 1.92 bits per heavy atom. The zero-order valence-electron chi connectivity index (χ0n) is 12.7. The van der Waals surface area contributed by atoms with Crippen LogP contribution in [0.15, 0.2) is 47.4 Å². The number of carboxylic acid groups (broad SMARTS) is 1. The number of benzene rings is 2. The summed E-state index contributed by atoms with van der Waals surface area (Å²) in [6, 6.07) is 11.0. The first kappa shape index (κ1) is 16.2. The summed E-state index contributed by atoms with van der Waals surface area (Å²) in [7, 11) is -3.25. The third kappa shape index (κ3) is 3.30. The Kier molecular flexibility index (Phi) is 4.11. The molecule has 0 spiro atoms. The van der Waals surface area contributed by atoms with Gasteiger partial charge >= 0.3 is 5.97 Å². The molecular formula is C17H15NO5S. The van der Waals surface area contributed by atoms with Crippen molar-refractivity contribution in [1.29, 1.82) is 0 Å². The first-order chi connectivity index (χ1) is 11.3. The molecule has 0 unspecified atom stereocenters. The molecule has 0 saturated carbocycles. The lowest BCUT2D eigenvalue weighted by Gasteiger charge is -2.08. The topological polar surface area (TPSA) is 101 Å². The van der Waals surface area contributed by atoms with Crippen LogP contribution in [0.5, 0.6) is 0 Å². The minimum absolute atomic E-state index is 0.00492. The molecule has 2 aromatic rings. The molecule has 1 aliphatic rings. The van der Waals surface area contributed by atoms with Gasteiger partial charge in [0.1, 0.15) is 0 Å². The quantitative estimate of drug-likeness (QED) is 0.881. The summed E-state index contributed by atoms with van der Waals surface area (Å²) in [5.41, 5.74) is 1.87. The minimum Gasteiger partial charge on any atom is -0.478 e. The number of amides is 1. The maximum absolute atomic E-state index is 12.1. The van der Waals surface area contributed by atoms with Crippen LogP contribution < -0.4 is 5.32 Å². The predicted molar refractivity (Wildman–Crippen MR) is 87.9 cm³/mol. The Balaban J connectivity index is 1.74. The maximum atomic E-state index is 12.1. The molecule has 0 radical (unpaired) electrons. The largest absolute Gasteiger partial charge is 0.478 e. The van der Waals surface area contributed by atoms with Gasteiger partial charge in [0.2, 0.25) is 5.91 Å². The Bertz CT molecular complexity index is 934. The third-order valence-corrected chi connectivity index (χ3v) is 5.66. The number of carboxylic acids is 1. The van der Waals surface area contributed by atoms with Crippen molar-refractivity contribution in [2.45, 2.75) is 17.7 Å². The number of rotatable bonds is 4. The Hall–Kier alpha value is -2.67. The van der Waals surface area contributed by atoms with Crippen molar-refractivity contribution < 1.29 is 23.1 Å². The van der Waals surface area contributed by atoms with E-state index in [4.69, 9.17) is 5.11 Å². The van der Waals surface area contributed by atoms with Crippen molar-refractivity contribution in [3.63, 3.8) is 0 Å². The van der Waals surface area contributed by atoms with E-state index in [0.717, 1.165) is 5.56 Å². The van der Waals surface area contributed by atoms with E-state index < -0.39 is 15.8 Å². The molecule has 0 fully saturated rings. The molecule has 0 bridgehead atoms. The lowest BCUT2D eigenvalue weighted by Crippen LogP contribution is -2.15. The molecule has 0 aliphatic carbocycles. The van der Waals surface area contributed by atoms with E-state index in [1.165, 1.54) is 18.2 Å². The van der Waals surface area contributed by atoms with Crippen LogP contribution in [0, 0.1) is 0 Å². The van der Waals surface area contributed by atoms with E-state index in [-0.39, 0.29) is 28.5 Å². The zero-order valence-corrected chi connectivity index (χ0v) is 13.5. The Morgan fingerprint density at radius 3 is 2.67 bits per heavy atom. The average molecular weight is 345 g/mol. The minimum atomic E-state index is -3.25. The molecule has 1 aliphatic heterocycles. The molecule has 7 heteroatoms. The van der Waals surface area contributed by atoms with Gasteiger partial charge in [-0.2, -0.15) is 0 Å². The van der Waals surface area contributed by atoms with Crippen LogP contribution in [-0.4, -0.2) is 31.2 Å². The summed E-state index contributed by atoms with van der Waals surface area (Å²) in [5, 5.41) is 11.6. The van der Waals surface area contributed by atoms with Crippen LogP contribution in [-0.2, 0) is 27.5 Å². The molecule has 0 aromatic heterocycles. The van der Waals surface area contributed by atoms with Gasteiger partial charge in [0.25, 0.3) is 0 Å². The van der Waals surface area contributed by atoms with Crippen molar-refractivity contribution in [2.24, 2.45) is 0 Å². The van der Waals surface area contributed by atoms with Gasteiger partial charge < -0.3 is 10.4 Å². The van der Waals surface area contributed by atoms with Crippen LogP contribution in [0.25, 0.3) is 0 Å². The van der Waals surface area contributed by atoms with E-state index in [1.807, 2.05) is 0 Å². The van der Waals surface area contributed by atoms with Gasteiger partial charge in [-0.05, 0) is 41.8 Å². The summed E-state index contributed by atoms with van der Waals surface area (Å²) in [6.07, 6.45) is 0.499. The van der Waals surface area contributed by atoms with Gasteiger partial charge in [0, 0.05) is 5.69 Å². The fourth-order valence-corrected chi connectivity index (χ4v) is 4.27. The number of hydrogen-bond acceptors (Lipinski definition) is 4. The summed E-state index contributed by atoms with van der Waals surface area (Å²) in [5.74, 6) is -1.30. The number of carbonyl (C=O) groups is 2. The van der Waals surface area contributed by atoms with E-state index in [2.05, 4.69) is 5.32 Å². The van der Waals surface area contributed by atoms with E-state index in [0.29, 0.717) is 17.7 Å². The summed E-state index contributed by atoms with van der Waals surface area (Å²) < 4.78 is 23.8. The Labute approximate surface area is 139 Å². The molecule has 1 amide bonds. The van der Waals surface area contributed by atoms with Gasteiger partial charge in [-0.25, -0.2) is 13.2 Å². The van der Waals surface area contributed by atoms with E-state index in [1.54, 1.807) is 24.3 Å². The van der Waals surface area contributed by atoms with Gasteiger partial charge in [-0.1, -0.05) is 18.2 Å². The van der Waals surface area contributed by atoms with Crippen molar-refractivity contribution in [1.82, 2.24) is 0 Å². The lowest BCUT2D eigenvalue weighted by atomic mass is 10.1. The fraction of sp³-hybridized carbons (Fsp3) is 0.176. The van der Waals surface area contributed by atoms with Crippen molar-refractivity contribution in [2.75, 3.05) is 11.1 Å². The molecule has 1 heterocycles. The van der Waals surface area contributed by atoms with Gasteiger partial charge in [0.05, 0.1) is 22.6 Å². The standard InChI is InChI=1S/C17H15NO5S/c19-16(9-11-2-1-3-13(8-11)17(20)21)18-14-5-4-12-6-7-24(22,23)15(12)10-14/h1-5,8,10H,6-7,9H2,(H,18,19)(H,20,21). The predicted octanol–water partition coefficient (Wildman–Crippen LogP) is 1.90. The highest BCUT2D eigenvalue weighted by molar-refractivity contribution is 7.91. The van der Waals surface area contributed by atoms with E-state index >= 15 is 0 Å². The SMILES string of the molecule is O=C(Cc1cccc(C(=O)O)c1)Nc1ccc2c(c1)S(=O)(=O)CC2. The van der Waals surface area contributed by atoms with Crippen LogP contribution in [0.2, 0.25) is 0 Å². The number of aryl methyl sites for hydroxylation is 1. The molecule has 0 saturated heterocycles. The highest BCUT2D eigenvalue weighted by Crippen LogP contribution is 2.28. The number of sulfone groups is 1. The molecule has 2 N–H and O–H groups in total. The first-order valence-corrected chi connectivity index (χ1v) is 8.98. The maximum Gasteiger partial charge on any atom is 0.335 e. The molecule has 3 rings (SSSR count). The molecule has 6 nitrogen and oxygen atoms in total. The smallest absolute Gasteiger partial charge is 0.335 e. The summed E-state index contributed by atoms with van der Waals surface area (Å²) in [4.78, 5) is 23.3.